The van der Waals surface area contributed by atoms with Gasteiger partial charge in [0.1, 0.15) is 0 Å². The average molecular weight is 339 g/mol. The van der Waals surface area contributed by atoms with Gasteiger partial charge in [-0.05, 0) is 38.4 Å². The molecule has 2 aromatic rings. The first-order valence-electron chi connectivity index (χ1n) is 8.99. The number of benzene rings is 1. The third-order valence-corrected chi connectivity index (χ3v) is 5.77. The number of carbonyl (C=O) groups is 1. The van der Waals surface area contributed by atoms with Gasteiger partial charge in [-0.15, -0.1) is 5.10 Å². The lowest BCUT2D eigenvalue weighted by atomic mass is 9.71. The van der Waals surface area contributed by atoms with E-state index in [9.17, 15) is 4.79 Å². The molecule has 1 amide bonds. The van der Waals surface area contributed by atoms with Crippen molar-refractivity contribution < 1.29 is 4.79 Å². The van der Waals surface area contributed by atoms with Crippen LogP contribution in [0.1, 0.15) is 30.4 Å². The van der Waals surface area contributed by atoms with Crippen molar-refractivity contribution in [3.05, 3.63) is 48.3 Å². The fourth-order valence-electron chi connectivity index (χ4n) is 4.19. The fraction of sp³-hybridized carbons (Fsp3) is 0.526. The van der Waals surface area contributed by atoms with Gasteiger partial charge in [-0.25, -0.2) is 4.68 Å². The maximum absolute atomic E-state index is 12.9. The summed E-state index contributed by atoms with van der Waals surface area (Å²) in [6, 6.07) is 11.0. The molecule has 0 radical (unpaired) electrons. The monoisotopic (exact) mass is 339 g/mol. The summed E-state index contributed by atoms with van der Waals surface area (Å²) in [5, 5.41) is 8.08. The predicted octanol–water partition coefficient (Wildman–Crippen LogP) is 1.79. The molecule has 4 rings (SSSR count). The zero-order chi connectivity index (χ0) is 17.4. The van der Waals surface area contributed by atoms with E-state index in [1.165, 1.54) is 5.56 Å². The molecule has 1 aliphatic heterocycles. The van der Waals surface area contributed by atoms with Gasteiger partial charge in [0.25, 0.3) is 0 Å². The Labute approximate surface area is 148 Å². The highest BCUT2D eigenvalue weighted by atomic mass is 16.2. The van der Waals surface area contributed by atoms with Crippen molar-refractivity contribution in [1.29, 1.82) is 0 Å². The molecule has 2 aliphatic rings. The molecule has 2 fully saturated rings. The summed E-state index contributed by atoms with van der Waals surface area (Å²) in [5.74, 6) is 1.01. The van der Waals surface area contributed by atoms with Crippen LogP contribution in [0.15, 0.2) is 42.7 Å². The smallest absolute Gasteiger partial charge is 0.225 e. The normalized spacial score (nSPS) is 29.0. The zero-order valence-electron chi connectivity index (χ0n) is 14.8. The van der Waals surface area contributed by atoms with Crippen molar-refractivity contribution in [3.63, 3.8) is 0 Å². The number of hydrogen-bond donors (Lipinski definition) is 0. The second-order valence-electron chi connectivity index (χ2n) is 7.50. The van der Waals surface area contributed by atoms with E-state index in [4.69, 9.17) is 0 Å². The zero-order valence-corrected chi connectivity index (χ0v) is 14.8. The molecule has 1 saturated carbocycles. The second kappa shape index (κ2) is 6.59. The van der Waals surface area contributed by atoms with E-state index >= 15 is 0 Å². The van der Waals surface area contributed by atoms with Crippen molar-refractivity contribution in [2.24, 2.45) is 5.92 Å². The Balaban J connectivity index is 1.40. The van der Waals surface area contributed by atoms with Crippen molar-refractivity contribution in [3.8, 4) is 0 Å². The molecular formula is C19H25N5O. The van der Waals surface area contributed by atoms with Crippen LogP contribution >= 0.6 is 0 Å². The molecular weight excluding hydrogens is 314 g/mol. The Kier molecular flexibility index (Phi) is 4.29. The van der Waals surface area contributed by atoms with Crippen molar-refractivity contribution in [2.45, 2.75) is 30.8 Å². The van der Waals surface area contributed by atoms with Crippen LogP contribution in [-0.4, -0.2) is 63.9 Å². The van der Waals surface area contributed by atoms with Crippen LogP contribution in [0.5, 0.6) is 0 Å². The van der Waals surface area contributed by atoms with Crippen molar-refractivity contribution in [2.75, 3.05) is 27.2 Å². The predicted molar refractivity (Wildman–Crippen MR) is 95.0 cm³/mol. The molecule has 0 unspecified atom stereocenters. The van der Waals surface area contributed by atoms with Gasteiger partial charge in [0.15, 0.2) is 0 Å². The van der Waals surface area contributed by atoms with Gasteiger partial charge in [-0.1, -0.05) is 35.5 Å². The maximum Gasteiger partial charge on any atom is 0.225 e. The number of hydrogen-bond acceptors (Lipinski definition) is 4. The quantitative estimate of drug-likeness (QED) is 0.852. The molecule has 1 aromatic carbocycles. The van der Waals surface area contributed by atoms with E-state index in [2.05, 4.69) is 53.6 Å². The van der Waals surface area contributed by atoms with Crippen LogP contribution in [0.2, 0.25) is 0 Å². The molecule has 2 atom stereocenters. The molecule has 1 aromatic heterocycles. The molecule has 132 valence electrons. The van der Waals surface area contributed by atoms with Gasteiger partial charge in [-0.2, -0.15) is 0 Å². The van der Waals surface area contributed by atoms with Gasteiger partial charge >= 0.3 is 0 Å². The summed E-state index contributed by atoms with van der Waals surface area (Å²) < 4.78 is 1.89. The molecule has 1 saturated heterocycles. The number of carbonyl (C=O) groups excluding carboxylic acids is 1. The molecule has 0 N–H and O–H groups in total. The van der Waals surface area contributed by atoms with Crippen LogP contribution in [0, 0.1) is 5.92 Å². The lowest BCUT2D eigenvalue weighted by Gasteiger charge is -2.37. The fourth-order valence-corrected chi connectivity index (χ4v) is 4.19. The Morgan fingerprint density at radius 2 is 1.92 bits per heavy atom. The molecule has 6 heteroatoms. The topological polar surface area (TPSA) is 54.3 Å². The summed E-state index contributed by atoms with van der Waals surface area (Å²) in [7, 11) is 4.13. The van der Waals surface area contributed by atoms with Crippen LogP contribution in [0.4, 0.5) is 0 Å². The van der Waals surface area contributed by atoms with Crippen LogP contribution in [0.3, 0.4) is 0 Å². The lowest BCUT2D eigenvalue weighted by molar-refractivity contribution is -0.137. The van der Waals surface area contributed by atoms with E-state index in [1.54, 1.807) is 6.20 Å². The lowest BCUT2D eigenvalue weighted by Crippen LogP contribution is -2.41. The highest BCUT2D eigenvalue weighted by Crippen LogP contribution is 2.43. The standard InChI is InChI=1S/C19H25N5O/c1-22(2)17-12-23(13-18(17)24-9-8-20-21-24)19(25)16-10-15(11-16)14-6-4-3-5-7-14/h3-9,15-18H,10-13H2,1-2H3/t15?,16?,17-,18+/m1/s1. The summed E-state index contributed by atoms with van der Waals surface area (Å²) in [6.07, 6.45) is 5.54. The molecule has 6 nitrogen and oxygen atoms in total. The average Bonchev–Trinajstić information content (AvgIpc) is 3.23. The van der Waals surface area contributed by atoms with Crippen LogP contribution in [-0.2, 0) is 4.79 Å². The second-order valence-corrected chi connectivity index (χ2v) is 7.50. The first-order valence-corrected chi connectivity index (χ1v) is 8.99. The van der Waals surface area contributed by atoms with Crippen molar-refractivity contribution in [1.82, 2.24) is 24.8 Å². The Morgan fingerprint density at radius 3 is 2.56 bits per heavy atom. The van der Waals surface area contributed by atoms with E-state index < -0.39 is 0 Å². The van der Waals surface area contributed by atoms with Gasteiger partial charge < -0.3 is 9.80 Å². The number of likely N-dealkylation sites (tertiary alicyclic amines) is 1. The summed E-state index contributed by atoms with van der Waals surface area (Å²) in [4.78, 5) is 17.2. The van der Waals surface area contributed by atoms with E-state index in [0.717, 1.165) is 25.9 Å². The Hall–Kier alpha value is -2.21. The minimum absolute atomic E-state index is 0.169. The summed E-state index contributed by atoms with van der Waals surface area (Å²) >= 11 is 0. The van der Waals surface area contributed by atoms with Crippen LogP contribution in [0.25, 0.3) is 0 Å². The number of aromatic nitrogens is 3. The van der Waals surface area contributed by atoms with Gasteiger partial charge in [-0.3, -0.25) is 4.79 Å². The number of rotatable bonds is 4. The van der Waals surface area contributed by atoms with Crippen LogP contribution < -0.4 is 0 Å². The first-order chi connectivity index (χ1) is 12.1. The van der Waals surface area contributed by atoms with Gasteiger partial charge in [0.2, 0.25) is 5.91 Å². The van der Waals surface area contributed by atoms with Gasteiger partial charge in [0, 0.05) is 25.2 Å². The molecule has 25 heavy (non-hydrogen) atoms. The highest BCUT2D eigenvalue weighted by Gasteiger charge is 2.43. The SMILES string of the molecule is CN(C)[C@@H]1CN(C(=O)C2CC(c3ccccc3)C2)C[C@@H]1n1ccnn1. The number of amides is 1. The summed E-state index contributed by atoms with van der Waals surface area (Å²) in [5.41, 5.74) is 1.36. The summed E-state index contributed by atoms with van der Waals surface area (Å²) in [6.45, 7) is 1.49. The molecule has 0 bridgehead atoms. The third kappa shape index (κ3) is 3.06. The van der Waals surface area contributed by atoms with Gasteiger partial charge in [0.05, 0.1) is 18.3 Å². The van der Waals surface area contributed by atoms with E-state index in [0.29, 0.717) is 11.8 Å². The number of nitrogens with zero attached hydrogens (tertiary/aromatic N) is 5. The minimum Gasteiger partial charge on any atom is -0.339 e. The minimum atomic E-state index is 0.169. The Morgan fingerprint density at radius 1 is 1.16 bits per heavy atom. The number of likely N-dealkylation sites (N-methyl/N-ethyl adjacent to an activating group) is 1. The maximum atomic E-state index is 12.9. The molecule has 1 aliphatic carbocycles. The van der Waals surface area contributed by atoms with E-state index in [-0.39, 0.29) is 18.0 Å². The first kappa shape index (κ1) is 16.3. The Bertz CT molecular complexity index is 709. The van der Waals surface area contributed by atoms with E-state index in [1.807, 2.05) is 21.8 Å². The highest BCUT2D eigenvalue weighted by molar-refractivity contribution is 5.80. The van der Waals surface area contributed by atoms with Crippen molar-refractivity contribution >= 4 is 5.91 Å². The third-order valence-electron chi connectivity index (χ3n) is 5.77. The molecule has 0 spiro atoms. The largest absolute Gasteiger partial charge is 0.339 e. The molecule has 2 heterocycles.